The van der Waals surface area contributed by atoms with E-state index < -0.39 is 17.7 Å². The Bertz CT molecular complexity index is 1390. The van der Waals surface area contributed by atoms with E-state index in [1.165, 1.54) is 27.6 Å². The van der Waals surface area contributed by atoms with E-state index in [9.17, 15) is 14.7 Å². The molecule has 5 rings (SSSR count). The molecule has 4 aromatic rings. The van der Waals surface area contributed by atoms with Gasteiger partial charge in [-0.05, 0) is 42.5 Å². The van der Waals surface area contributed by atoms with Crippen LogP contribution in [-0.2, 0) is 11.2 Å². The lowest BCUT2D eigenvalue weighted by atomic mass is 10.00. The average Bonchev–Trinajstić information content (AvgIpc) is 3.59. The van der Waals surface area contributed by atoms with Crippen molar-refractivity contribution < 1.29 is 14.7 Å². The number of aliphatic hydroxyl groups is 1. The van der Waals surface area contributed by atoms with E-state index in [0.29, 0.717) is 16.3 Å². The van der Waals surface area contributed by atoms with E-state index in [2.05, 4.69) is 11.9 Å². The number of thiazole rings is 1. The van der Waals surface area contributed by atoms with Crippen molar-refractivity contribution in [3.8, 4) is 10.6 Å². The monoisotopic (exact) mass is 486 g/mol. The van der Waals surface area contributed by atoms with E-state index >= 15 is 0 Å². The molecule has 1 unspecified atom stereocenters. The van der Waals surface area contributed by atoms with Crippen molar-refractivity contribution in [2.75, 3.05) is 4.90 Å². The molecule has 1 aliphatic rings. The lowest BCUT2D eigenvalue weighted by molar-refractivity contribution is -0.117. The summed E-state index contributed by atoms with van der Waals surface area (Å²) in [6.07, 6.45) is 0.879. The molecule has 0 fully saturated rings. The van der Waals surface area contributed by atoms with Crippen LogP contribution in [0.15, 0.2) is 83.4 Å². The summed E-state index contributed by atoms with van der Waals surface area (Å²) >= 11 is 2.73. The number of carbonyl (C=O) groups excluding carboxylic acids is 2. The molecule has 0 bridgehead atoms. The summed E-state index contributed by atoms with van der Waals surface area (Å²) in [7, 11) is 0. The summed E-state index contributed by atoms with van der Waals surface area (Å²) in [5, 5.41) is 13.6. The fraction of sp³-hybridized carbons (Fsp3) is 0.148. The van der Waals surface area contributed by atoms with Gasteiger partial charge in [-0.1, -0.05) is 55.5 Å². The third kappa shape index (κ3) is 3.77. The van der Waals surface area contributed by atoms with Crippen molar-refractivity contribution >= 4 is 40.1 Å². The van der Waals surface area contributed by atoms with Crippen LogP contribution in [0.25, 0.3) is 10.6 Å². The van der Waals surface area contributed by atoms with Gasteiger partial charge in [0.15, 0.2) is 5.76 Å². The molecule has 0 saturated heterocycles. The van der Waals surface area contributed by atoms with Crippen LogP contribution in [-0.4, -0.2) is 21.8 Å². The van der Waals surface area contributed by atoms with Crippen LogP contribution in [0.3, 0.4) is 0 Å². The van der Waals surface area contributed by atoms with Crippen molar-refractivity contribution in [1.82, 2.24) is 4.98 Å². The smallest absolute Gasteiger partial charge is 0.294 e. The molecule has 7 heteroatoms. The third-order valence-electron chi connectivity index (χ3n) is 5.91. The van der Waals surface area contributed by atoms with Gasteiger partial charge in [-0.3, -0.25) is 14.5 Å². The van der Waals surface area contributed by atoms with Gasteiger partial charge in [-0.25, -0.2) is 4.98 Å². The number of aliphatic hydroxyl groups excluding tert-OH is 1. The summed E-state index contributed by atoms with van der Waals surface area (Å²) in [6.45, 7) is 3.85. The minimum atomic E-state index is -0.700. The first-order valence-corrected chi connectivity index (χ1v) is 12.7. The number of benzene rings is 2. The average molecular weight is 487 g/mol. The molecule has 1 aliphatic heterocycles. The van der Waals surface area contributed by atoms with Crippen LogP contribution < -0.4 is 4.90 Å². The highest BCUT2D eigenvalue weighted by molar-refractivity contribution is 7.17. The number of rotatable bonds is 6. The number of amides is 1. The molecule has 3 heterocycles. The molecular formula is C27H22N2O3S2. The largest absolute Gasteiger partial charge is 0.503 e. The lowest BCUT2D eigenvalue weighted by Crippen LogP contribution is -2.30. The van der Waals surface area contributed by atoms with E-state index in [-0.39, 0.29) is 11.4 Å². The van der Waals surface area contributed by atoms with Crippen LogP contribution in [0.1, 0.15) is 38.8 Å². The highest BCUT2D eigenvalue weighted by atomic mass is 32.1. The molecular weight excluding hydrogens is 464 g/mol. The predicted octanol–water partition coefficient (Wildman–Crippen LogP) is 6.53. The zero-order valence-electron chi connectivity index (χ0n) is 18.7. The number of aromatic nitrogens is 1. The number of carbonyl (C=O) groups is 2. The summed E-state index contributed by atoms with van der Waals surface area (Å²) < 4.78 is 0. The van der Waals surface area contributed by atoms with E-state index in [0.717, 1.165) is 27.4 Å². The minimum absolute atomic E-state index is 0.0957. The van der Waals surface area contributed by atoms with Gasteiger partial charge in [0.1, 0.15) is 11.0 Å². The van der Waals surface area contributed by atoms with Crippen molar-refractivity contribution in [3.63, 3.8) is 0 Å². The number of anilines is 1. The number of hydrogen-bond acceptors (Lipinski definition) is 6. The van der Waals surface area contributed by atoms with Crippen molar-refractivity contribution in [2.24, 2.45) is 0 Å². The standard InChI is InChI=1S/C27H22N2O3S2/c1-3-17-11-13-19(14-12-17)29-22(20-10-7-15-33-20)21(24(31)27(29)32)23(30)25-16(2)28-26(34-25)18-8-5-4-6-9-18/h4-15,22,31H,3H2,1-2H3. The van der Waals surface area contributed by atoms with Crippen LogP contribution >= 0.6 is 22.7 Å². The molecule has 170 valence electrons. The topological polar surface area (TPSA) is 70.5 Å². The first-order chi connectivity index (χ1) is 16.5. The van der Waals surface area contributed by atoms with Gasteiger partial charge >= 0.3 is 0 Å². The van der Waals surface area contributed by atoms with Crippen LogP contribution in [0, 0.1) is 6.92 Å². The Labute approximate surface area is 205 Å². The molecule has 0 saturated carbocycles. The van der Waals surface area contributed by atoms with Crippen molar-refractivity contribution in [2.45, 2.75) is 26.3 Å². The van der Waals surface area contributed by atoms with Crippen LogP contribution in [0.2, 0.25) is 0 Å². The maximum absolute atomic E-state index is 13.8. The normalized spacial score (nSPS) is 15.9. The molecule has 1 atom stereocenters. The Morgan fingerprint density at radius 3 is 2.44 bits per heavy atom. The Kier molecular flexibility index (Phi) is 5.89. The quantitative estimate of drug-likeness (QED) is 0.315. The van der Waals surface area contributed by atoms with Gasteiger partial charge < -0.3 is 5.11 Å². The van der Waals surface area contributed by atoms with Gasteiger partial charge in [0.25, 0.3) is 5.91 Å². The second-order valence-corrected chi connectivity index (χ2v) is 9.98. The zero-order chi connectivity index (χ0) is 23.8. The fourth-order valence-electron chi connectivity index (χ4n) is 4.15. The Morgan fingerprint density at radius 2 is 1.79 bits per heavy atom. The SMILES string of the molecule is CCc1ccc(N2C(=O)C(O)=C(C(=O)c3sc(-c4ccccc4)nc3C)C2c2cccs2)cc1. The fourth-order valence-corrected chi connectivity index (χ4v) is 5.99. The van der Waals surface area contributed by atoms with E-state index in [1.54, 1.807) is 6.92 Å². The highest BCUT2D eigenvalue weighted by Crippen LogP contribution is 2.44. The maximum Gasteiger partial charge on any atom is 0.294 e. The van der Waals surface area contributed by atoms with Crippen molar-refractivity contribution in [1.29, 1.82) is 0 Å². The maximum atomic E-state index is 13.8. The van der Waals surface area contributed by atoms with Gasteiger partial charge in [-0.2, -0.15) is 0 Å². The lowest BCUT2D eigenvalue weighted by Gasteiger charge is -2.25. The van der Waals surface area contributed by atoms with Gasteiger partial charge in [0.05, 0.1) is 16.1 Å². The van der Waals surface area contributed by atoms with Crippen molar-refractivity contribution in [3.05, 3.63) is 104 Å². The molecule has 2 aromatic carbocycles. The highest BCUT2D eigenvalue weighted by Gasteiger charge is 2.45. The molecule has 1 amide bonds. The second-order valence-electron chi connectivity index (χ2n) is 8.00. The molecule has 1 N–H and O–H groups in total. The number of thiophene rings is 1. The van der Waals surface area contributed by atoms with Gasteiger partial charge in [0.2, 0.25) is 5.78 Å². The van der Waals surface area contributed by atoms with Crippen LogP contribution in [0.5, 0.6) is 0 Å². The molecule has 0 spiro atoms. The second kappa shape index (κ2) is 9.00. The number of Topliss-reactive ketones (excluding diaryl/α,β-unsaturated/α-hetero) is 1. The Morgan fingerprint density at radius 1 is 1.06 bits per heavy atom. The predicted molar refractivity (Wildman–Crippen MR) is 137 cm³/mol. The first-order valence-electron chi connectivity index (χ1n) is 11.0. The Hall–Kier alpha value is -3.55. The zero-order valence-corrected chi connectivity index (χ0v) is 20.3. The number of nitrogens with zero attached hydrogens (tertiary/aromatic N) is 2. The molecule has 34 heavy (non-hydrogen) atoms. The summed E-state index contributed by atoms with van der Waals surface area (Å²) in [5.41, 5.74) is 3.38. The first kappa shape index (κ1) is 22.3. The molecule has 5 nitrogen and oxygen atoms in total. The van der Waals surface area contributed by atoms with Gasteiger partial charge in [-0.15, -0.1) is 22.7 Å². The number of aryl methyl sites for hydroxylation is 2. The van der Waals surface area contributed by atoms with Gasteiger partial charge in [0, 0.05) is 16.1 Å². The number of ketones is 1. The molecule has 2 aromatic heterocycles. The summed E-state index contributed by atoms with van der Waals surface area (Å²) in [5.74, 6) is -1.44. The molecule has 0 aliphatic carbocycles. The number of hydrogen-bond donors (Lipinski definition) is 1. The van der Waals surface area contributed by atoms with Crippen LogP contribution in [0.4, 0.5) is 5.69 Å². The van der Waals surface area contributed by atoms with E-state index in [4.69, 9.17) is 0 Å². The Balaban J connectivity index is 1.59. The summed E-state index contributed by atoms with van der Waals surface area (Å²) in [4.78, 5) is 34.5. The minimum Gasteiger partial charge on any atom is -0.503 e. The van der Waals surface area contributed by atoms with E-state index in [1.807, 2.05) is 72.1 Å². The third-order valence-corrected chi connectivity index (χ3v) is 8.04. The summed E-state index contributed by atoms with van der Waals surface area (Å²) in [6, 6.07) is 20.4. The molecule has 0 radical (unpaired) electrons.